The van der Waals surface area contributed by atoms with Crippen molar-refractivity contribution in [3.63, 3.8) is 0 Å². The minimum absolute atomic E-state index is 0.506. The van der Waals surface area contributed by atoms with Crippen molar-refractivity contribution in [1.29, 1.82) is 0 Å². The van der Waals surface area contributed by atoms with Gasteiger partial charge in [-0.2, -0.15) is 0 Å². The second-order valence-electron chi connectivity index (χ2n) is 8.80. The van der Waals surface area contributed by atoms with E-state index in [1.807, 2.05) is 24.4 Å². The molecule has 1 aromatic heterocycles. The molecule has 4 heteroatoms. The Hall–Kier alpha value is -2.46. The molecule has 1 atom stereocenters. The van der Waals surface area contributed by atoms with E-state index < -0.39 is 0 Å². The Balaban J connectivity index is 1.30. The highest BCUT2D eigenvalue weighted by Crippen LogP contribution is 2.34. The minimum Gasteiger partial charge on any atom is -0.301 e. The average molecular weight is 460 g/mol. The van der Waals surface area contributed by atoms with Gasteiger partial charge in [0.25, 0.3) is 0 Å². The molecule has 1 saturated heterocycles. The van der Waals surface area contributed by atoms with Crippen LogP contribution in [0.15, 0.2) is 79.0 Å². The van der Waals surface area contributed by atoms with Crippen LogP contribution in [0.4, 0.5) is 0 Å². The molecular formula is C29H34ClN3. The standard InChI is InChI=1S/C29H34ClN3/c1-2-25(27-14-13-26(30)23-28(27)29-12-6-7-16-31-29)15-18-33-21-19-32(20-22-33)17-8-11-24-9-4-3-5-10-24/h3-14,16,23,25H,2,15,17-22H2,1H3. The zero-order chi connectivity index (χ0) is 22.9. The Labute approximate surface area is 203 Å². The third kappa shape index (κ3) is 6.77. The summed E-state index contributed by atoms with van der Waals surface area (Å²) in [6.45, 7) is 9.01. The van der Waals surface area contributed by atoms with E-state index in [0.29, 0.717) is 5.92 Å². The number of benzene rings is 2. The smallest absolute Gasteiger partial charge is 0.0705 e. The van der Waals surface area contributed by atoms with Crippen LogP contribution in [0.3, 0.4) is 0 Å². The van der Waals surface area contributed by atoms with Gasteiger partial charge in [0.2, 0.25) is 0 Å². The number of piperazine rings is 1. The molecule has 0 bridgehead atoms. The second-order valence-corrected chi connectivity index (χ2v) is 9.23. The summed E-state index contributed by atoms with van der Waals surface area (Å²) >= 11 is 6.35. The van der Waals surface area contributed by atoms with Gasteiger partial charge >= 0.3 is 0 Å². The summed E-state index contributed by atoms with van der Waals surface area (Å²) in [4.78, 5) is 9.76. The predicted molar refractivity (Wildman–Crippen MR) is 141 cm³/mol. The zero-order valence-corrected chi connectivity index (χ0v) is 20.3. The number of halogens is 1. The predicted octanol–water partition coefficient (Wildman–Crippen LogP) is 6.62. The van der Waals surface area contributed by atoms with Crippen LogP contribution in [0.1, 0.15) is 36.8 Å². The van der Waals surface area contributed by atoms with Crippen molar-refractivity contribution in [1.82, 2.24) is 14.8 Å². The Kier molecular flexibility index (Phi) is 8.71. The van der Waals surface area contributed by atoms with Gasteiger partial charge in [-0.3, -0.25) is 9.88 Å². The first-order valence-corrected chi connectivity index (χ1v) is 12.5. The highest BCUT2D eigenvalue weighted by Gasteiger charge is 2.20. The van der Waals surface area contributed by atoms with E-state index in [1.165, 1.54) is 16.7 Å². The summed E-state index contributed by atoms with van der Waals surface area (Å²) in [6, 6.07) is 22.9. The first-order valence-electron chi connectivity index (χ1n) is 12.1. The highest BCUT2D eigenvalue weighted by atomic mass is 35.5. The van der Waals surface area contributed by atoms with E-state index in [0.717, 1.165) is 62.8 Å². The molecular weight excluding hydrogens is 426 g/mol. The maximum Gasteiger partial charge on any atom is 0.0705 e. The first-order chi connectivity index (χ1) is 16.2. The molecule has 2 aromatic carbocycles. The number of hydrogen-bond donors (Lipinski definition) is 0. The minimum atomic E-state index is 0.506. The molecule has 33 heavy (non-hydrogen) atoms. The van der Waals surface area contributed by atoms with Crippen molar-refractivity contribution in [2.75, 3.05) is 39.3 Å². The van der Waals surface area contributed by atoms with E-state index in [-0.39, 0.29) is 0 Å². The van der Waals surface area contributed by atoms with Gasteiger partial charge < -0.3 is 4.90 Å². The fourth-order valence-corrected chi connectivity index (χ4v) is 4.82. The third-order valence-corrected chi connectivity index (χ3v) is 6.86. The van der Waals surface area contributed by atoms with Crippen LogP contribution in [0, 0.1) is 0 Å². The second kappa shape index (κ2) is 12.1. The van der Waals surface area contributed by atoms with Crippen molar-refractivity contribution in [3.8, 4) is 11.3 Å². The molecule has 0 saturated carbocycles. The van der Waals surface area contributed by atoms with Crippen molar-refractivity contribution < 1.29 is 0 Å². The first kappa shape index (κ1) is 23.7. The van der Waals surface area contributed by atoms with Gasteiger partial charge in [0.05, 0.1) is 5.69 Å². The zero-order valence-electron chi connectivity index (χ0n) is 19.5. The molecule has 0 spiro atoms. The molecule has 172 valence electrons. The number of hydrogen-bond acceptors (Lipinski definition) is 3. The average Bonchev–Trinajstić information content (AvgIpc) is 2.87. The van der Waals surface area contributed by atoms with Gasteiger partial charge in [0.1, 0.15) is 0 Å². The summed E-state index contributed by atoms with van der Waals surface area (Å²) in [6.07, 6.45) is 8.65. The quantitative estimate of drug-likeness (QED) is 0.358. The monoisotopic (exact) mass is 459 g/mol. The van der Waals surface area contributed by atoms with Crippen LogP contribution in [-0.4, -0.2) is 54.1 Å². The molecule has 1 unspecified atom stereocenters. The molecule has 0 radical (unpaired) electrons. The lowest BCUT2D eigenvalue weighted by atomic mass is 9.88. The van der Waals surface area contributed by atoms with Gasteiger partial charge in [-0.25, -0.2) is 0 Å². The summed E-state index contributed by atoms with van der Waals surface area (Å²) in [5.74, 6) is 0.506. The SMILES string of the molecule is CCC(CCN1CCN(CC=Cc2ccccc2)CC1)c1ccc(Cl)cc1-c1ccccn1. The van der Waals surface area contributed by atoms with Gasteiger partial charge in [-0.1, -0.05) is 73.1 Å². The maximum atomic E-state index is 6.35. The summed E-state index contributed by atoms with van der Waals surface area (Å²) in [7, 11) is 0. The fraction of sp³-hybridized carbons (Fsp3) is 0.345. The van der Waals surface area contributed by atoms with Crippen LogP contribution < -0.4 is 0 Å². The molecule has 1 aliphatic rings. The van der Waals surface area contributed by atoms with Gasteiger partial charge in [-0.05, 0) is 60.7 Å². The number of aromatic nitrogens is 1. The van der Waals surface area contributed by atoms with E-state index in [1.54, 1.807) is 0 Å². The molecule has 4 rings (SSSR count). The van der Waals surface area contributed by atoms with Gasteiger partial charge in [-0.15, -0.1) is 0 Å². The molecule has 1 aliphatic heterocycles. The highest BCUT2D eigenvalue weighted by molar-refractivity contribution is 6.30. The lowest BCUT2D eigenvalue weighted by molar-refractivity contribution is 0.139. The Morgan fingerprint density at radius 2 is 1.70 bits per heavy atom. The van der Waals surface area contributed by atoms with E-state index in [9.17, 15) is 0 Å². The molecule has 1 fully saturated rings. The molecule has 0 aliphatic carbocycles. The van der Waals surface area contributed by atoms with Gasteiger partial charge in [0.15, 0.2) is 0 Å². The lowest BCUT2D eigenvalue weighted by Gasteiger charge is -2.35. The maximum absolute atomic E-state index is 6.35. The van der Waals surface area contributed by atoms with Crippen molar-refractivity contribution >= 4 is 17.7 Å². The molecule has 3 nitrogen and oxygen atoms in total. The third-order valence-electron chi connectivity index (χ3n) is 6.62. The number of rotatable bonds is 9. The molecule has 3 aromatic rings. The largest absolute Gasteiger partial charge is 0.301 e. The van der Waals surface area contributed by atoms with Gasteiger partial charge in [0, 0.05) is 49.5 Å². The van der Waals surface area contributed by atoms with Crippen LogP contribution in [0.25, 0.3) is 17.3 Å². The Morgan fingerprint density at radius 1 is 0.939 bits per heavy atom. The molecule has 0 N–H and O–H groups in total. The van der Waals surface area contributed by atoms with E-state index in [4.69, 9.17) is 11.6 Å². The molecule has 2 heterocycles. The lowest BCUT2D eigenvalue weighted by Crippen LogP contribution is -2.46. The van der Waals surface area contributed by atoms with Crippen LogP contribution in [-0.2, 0) is 0 Å². The summed E-state index contributed by atoms with van der Waals surface area (Å²) in [5.41, 5.74) is 4.81. The Morgan fingerprint density at radius 3 is 2.42 bits per heavy atom. The van der Waals surface area contributed by atoms with E-state index >= 15 is 0 Å². The normalized spacial score (nSPS) is 16.3. The van der Waals surface area contributed by atoms with Crippen LogP contribution in [0.2, 0.25) is 5.02 Å². The fourth-order valence-electron chi connectivity index (χ4n) is 4.64. The van der Waals surface area contributed by atoms with Crippen LogP contribution >= 0.6 is 11.6 Å². The Bertz CT molecular complexity index is 1010. The van der Waals surface area contributed by atoms with Crippen LogP contribution in [0.5, 0.6) is 0 Å². The van der Waals surface area contributed by atoms with Crippen molar-refractivity contribution in [2.24, 2.45) is 0 Å². The van der Waals surface area contributed by atoms with E-state index in [2.05, 4.69) is 82.4 Å². The van der Waals surface area contributed by atoms with Crippen molar-refractivity contribution in [2.45, 2.75) is 25.7 Å². The summed E-state index contributed by atoms with van der Waals surface area (Å²) < 4.78 is 0. The molecule has 0 amide bonds. The number of pyridine rings is 1. The topological polar surface area (TPSA) is 19.4 Å². The number of nitrogens with zero attached hydrogens (tertiary/aromatic N) is 3. The summed E-state index contributed by atoms with van der Waals surface area (Å²) in [5, 5.41) is 0.770. The van der Waals surface area contributed by atoms with Crippen molar-refractivity contribution in [3.05, 3.63) is 95.2 Å².